The lowest BCUT2D eigenvalue weighted by molar-refractivity contribution is 0.0974. The van der Waals surface area contributed by atoms with E-state index in [0.29, 0.717) is 24.6 Å². The molecule has 0 spiro atoms. The van der Waals surface area contributed by atoms with Crippen LogP contribution in [-0.2, 0) is 6.42 Å². The maximum absolute atomic E-state index is 13.7. The Morgan fingerprint density at radius 2 is 1.88 bits per heavy atom. The number of hydrogen-bond donors (Lipinski definition) is 1. The van der Waals surface area contributed by atoms with Crippen molar-refractivity contribution in [1.29, 1.82) is 0 Å². The number of halogens is 3. The Bertz CT molecular complexity index is 645. The summed E-state index contributed by atoms with van der Waals surface area (Å²) in [6, 6.07) is 0.490. The van der Waals surface area contributed by atoms with Crippen LogP contribution in [0.15, 0.2) is 6.07 Å². The van der Waals surface area contributed by atoms with E-state index in [1.807, 2.05) is 0 Å². The summed E-state index contributed by atoms with van der Waals surface area (Å²) in [4.78, 5) is 14.4. The molecule has 0 aliphatic heterocycles. The Labute approximate surface area is 94.4 Å². The number of carbonyl (C=O) groups is 1. The minimum atomic E-state index is -1.27. The average molecular weight is 239 g/mol. The first kappa shape index (κ1) is 10.4. The molecule has 3 rings (SSSR count). The van der Waals surface area contributed by atoms with Crippen LogP contribution in [0.5, 0.6) is 0 Å². The van der Waals surface area contributed by atoms with E-state index in [2.05, 4.69) is 4.98 Å². The molecule has 0 atom stereocenters. The first-order chi connectivity index (χ1) is 8.09. The van der Waals surface area contributed by atoms with Gasteiger partial charge in [0.1, 0.15) is 5.82 Å². The van der Waals surface area contributed by atoms with Crippen molar-refractivity contribution in [2.45, 2.75) is 19.3 Å². The number of H-pyrrole nitrogens is 1. The highest BCUT2D eigenvalue weighted by atomic mass is 19.2. The van der Waals surface area contributed by atoms with Gasteiger partial charge in [-0.1, -0.05) is 0 Å². The van der Waals surface area contributed by atoms with E-state index in [1.165, 1.54) is 0 Å². The smallest absolute Gasteiger partial charge is 0.169 e. The van der Waals surface area contributed by atoms with E-state index in [1.54, 1.807) is 0 Å². The summed E-state index contributed by atoms with van der Waals surface area (Å²) < 4.78 is 40.3. The topological polar surface area (TPSA) is 32.9 Å². The molecule has 1 aliphatic rings. The molecule has 0 saturated carbocycles. The standard InChI is InChI=1S/C12H8F3NO/c13-5-4-6(14)12-10(11(5)15)9-7(16-12)2-1-3-8(9)17/h4,16H,1-3H2. The van der Waals surface area contributed by atoms with Crippen molar-refractivity contribution in [3.05, 3.63) is 34.8 Å². The van der Waals surface area contributed by atoms with Gasteiger partial charge in [0.15, 0.2) is 17.4 Å². The normalized spacial score (nSPS) is 15.4. The zero-order chi connectivity index (χ0) is 12.2. The van der Waals surface area contributed by atoms with E-state index in [0.717, 1.165) is 0 Å². The number of carbonyl (C=O) groups excluding carboxylic acids is 1. The lowest BCUT2D eigenvalue weighted by Gasteiger charge is -2.09. The van der Waals surface area contributed by atoms with Crippen LogP contribution < -0.4 is 0 Å². The minimum Gasteiger partial charge on any atom is -0.355 e. The highest BCUT2D eigenvalue weighted by Crippen LogP contribution is 2.33. The third-order valence-electron chi connectivity index (χ3n) is 3.11. The molecule has 1 aromatic heterocycles. The monoisotopic (exact) mass is 239 g/mol. The van der Waals surface area contributed by atoms with Crippen molar-refractivity contribution in [3.63, 3.8) is 0 Å². The summed E-state index contributed by atoms with van der Waals surface area (Å²) in [5, 5.41) is -0.248. The SMILES string of the molecule is O=C1CCCc2[nH]c3c(F)cc(F)c(F)c3c21. The fourth-order valence-electron chi connectivity index (χ4n) is 2.36. The molecule has 5 heteroatoms. The number of aryl methyl sites for hydroxylation is 1. The number of nitrogens with one attached hydrogen (secondary N) is 1. The van der Waals surface area contributed by atoms with Crippen LogP contribution in [0.3, 0.4) is 0 Å². The minimum absolute atomic E-state index is 0.113. The van der Waals surface area contributed by atoms with Crippen LogP contribution in [0.25, 0.3) is 10.9 Å². The molecule has 0 bridgehead atoms. The maximum Gasteiger partial charge on any atom is 0.169 e. The van der Waals surface area contributed by atoms with E-state index in [4.69, 9.17) is 0 Å². The summed E-state index contributed by atoms with van der Waals surface area (Å²) in [5.74, 6) is -3.56. The second-order valence-corrected chi connectivity index (χ2v) is 4.16. The van der Waals surface area contributed by atoms with E-state index in [-0.39, 0.29) is 28.7 Å². The Hall–Kier alpha value is -1.78. The van der Waals surface area contributed by atoms with Gasteiger partial charge in [0.2, 0.25) is 0 Å². The number of aromatic nitrogens is 1. The van der Waals surface area contributed by atoms with Gasteiger partial charge in [-0.2, -0.15) is 0 Å². The molecule has 17 heavy (non-hydrogen) atoms. The number of hydrogen-bond acceptors (Lipinski definition) is 1. The number of ketones is 1. The summed E-state index contributed by atoms with van der Waals surface area (Å²) in [6.45, 7) is 0. The third-order valence-corrected chi connectivity index (χ3v) is 3.11. The number of rotatable bonds is 0. The molecule has 1 N–H and O–H groups in total. The fourth-order valence-corrected chi connectivity index (χ4v) is 2.36. The largest absolute Gasteiger partial charge is 0.355 e. The van der Waals surface area contributed by atoms with Gasteiger partial charge in [0.25, 0.3) is 0 Å². The van der Waals surface area contributed by atoms with Crippen molar-refractivity contribution in [1.82, 2.24) is 4.98 Å². The molecule has 1 aliphatic carbocycles. The molecule has 0 saturated heterocycles. The van der Waals surface area contributed by atoms with Crippen LogP contribution in [0.4, 0.5) is 13.2 Å². The molecule has 0 fully saturated rings. The number of aromatic amines is 1. The molecule has 2 nitrogen and oxygen atoms in total. The first-order valence-corrected chi connectivity index (χ1v) is 5.31. The molecule has 1 heterocycles. The van der Waals surface area contributed by atoms with Crippen molar-refractivity contribution in [3.8, 4) is 0 Å². The Kier molecular flexibility index (Phi) is 2.05. The summed E-state index contributed by atoms with van der Waals surface area (Å²) in [7, 11) is 0. The molecule has 0 amide bonds. The molecule has 88 valence electrons. The number of Topliss-reactive ketones (excluding diaryl/α,β-unsaturated/α-hetero) is 1. The lowest BCUT2D eigenvalue weighted by Crippen LogP contribution is -2.09. The third kappa shape index (κ3) is 1.31. The van der Waals surface area contributed by atoms with Crippen molar-refractivity contribution >= 4 is 16.7 Å². The molecule has 2 aromatic rings. The Balaban J connectivity index is 2.49. The molecular formula is C12H8F3NO. The van der Waals surface area contributed by atoms with Crippen molar-refractivity contribution in [2.24, 2.45) is 0 Å². The predicted octanol–water partition coefficient (Wildman–Crippen LogP) is 3.10. The highest BCUT2D eigenvalue weighted by molar-refractivity contribution is 6.10. The van der Waals surface area contributed by atoms with Gasteiger partial charge in [0, 0.05) is 23.7 Å². The van der Waals surface area contributed by atoms with Crippen molar-refractivity contribution in [2.75, 3.05) is 0 Å². The lowest BCUT2D eigenvalue weighted by atomic mass is 9.94. The van der Waals surface area contributed by atoms with Crippen LogP contribution in [0.2, 0.25) is 0 Å². The summed E-state index contributed by atoms with van der Waals surface area (Å²) in [5.41, 5.74) is 0.492. The average Bonchev–Trinajstić information content (AvgIpc) is 2.67. The first-order valence-electron chi connectivity index (χ1n) is 5.31. The van der Waals surface area contributed by atoms with Crippen LogP contribution in [0.1, 0.15) is 28.9 Å². The molecule has 1 aromatic carbocycles. The Morgan fingerprint density at radius 1 is 1.12 bits per heavy atom. The fraction of sp³-hybridized carbons (Fsp3) is 0.250. The van der Waals surface area contributed by atoms with E-state index < -0.39 is 17.5 Å². The molecular weight excluding hydrogens is 231 g/mol. The van der Waals surface area contributed by atoms with E-state index in [9.17, 15) is 18.0 Å². The van der Waals surface area contributed by atoms with Crippen molar-refractivity contribution < 1.29 is 18.0 Å². The van der Waals surface area contributed by atoms with Crippen LogP contribution >= 0.6 is 0 Å². The van der Waals surface area contributed by atoms with Gasteiger partial charge in [-0.05, 0) is 12.8 Å². The Morgan fingerprint density at radius 3 is 2.65 bits per heavy atom. The quantitative estimate of drug-likeness (QED) is 0.704. The van der Waals surface area contributed by atoms with Gasteiger partial charge in [-0.25, -0.2) is 13.2 Å². The van der Waals surface area contributed by atoms with Gasteiger partial charge < -0.3 is 4.98 Å². The maximum atomic E-state index is 13.7. The highest BCUT2D eigenvalue weighted by Gasteiger charge is 2.27. The van der Waals surface area contributed by atoms with Gasteiger partial charge in [-0.3, -0.25) is 4.79 Å². The van der Waals surface area contributed by atoms with Crippen LogP contribution in [-0.4, -0.2) is 10.8 Å². The van der Waals surface area contributed by atoms with E-state index >= 15 is 0 Å². The van der Waals surface area contributed by atoms with Gasteiger partial charge in [0.05, 0.1) is 10.9 Å². The number of fused-ring (bicyclic) bond motifs is 3. The number of benzene rings is 1. The predicted molar refractivity (Wildman–Crippen MR) is 55.4 cm³/mol. The zero-order valence-corrected chi connectivity index (χ0v) is 8.74. The second kappa shape index (κ2) is 3.35. The van der Waals surface area contributed by atoms with Gasteiger partial charge >= 0.3 is 0 Å². The molecule has 0 unspecified atom stereocenters. The molecule has 0 radical (unpaired) electrons. The zero-order valence-electron chi connectivity index (χ0n) is 8.74. The van der Waals surface area contributed by atoms with Crippen LogP contribution in [0, 0.1) is 17.5 Å². The van der Waals surface area contributed by atoms with Gasteiger partial charge in [-0.15, -0.1) is 0 Å². The summed E-state index contributed by atoms with van der Waals surface area (Å²) in [6.07, 6.45) is 1.48. The second-order valence-electron chi connectivity index (χ2n) is 4.16. The summed E-state index contributed by atoms with van der Waals surface area (Å²) >= 11 is 0.